The summed E-state index contributed by atoms with van der Waals surface area (Å²) >= 11 is 1.58. The number of benzene rings is 1. The van der Waals surface area contributed by atoms with Crippen molar-refractivity contribution >= 4 is 32.5 Å². The van der Waals surface area contributed by atoms with Gasteiger partial charge in [-0.05, 0) is 32.0 Å². The summed E-state index contributed by atoms with van der Waals surface area (Å²) < 4.78 is 8.09. The van der Waals surface area contributed by atoms with Crippen LogP contribution < -0.4 is 0 Å². The first-order valence-corrected chi connectivity index (χ1v) is 6.56. The maximum atomic E-state index is 11.7. The van der Waals surface area contributed by atoms with Crippen molar-refractivity contribution in [2.75, 3.05) is 6.61 Å². The summed E-state index contributed by atoms with van der Waals surface area (Å²) in [6.45, 7) is 4.17. The third-order valence-corrected chi connectivity index (χ3v) is 3.74. The van der Waals surface area contributed by atoms with E-state index < -0.39 is 0 Å². The van der Waals surface area contributed by atoms with E-state index in [0.717, 1.165) is 20.9 Å². The van der Waals surface area contributed by atoms with Gasteiger partial charge in [-0.1, -0.05) is 11.3 Å². The highest BCUT2D eigenvalue weighted by Gasteiger charge is 2.11. The summed E-state index contributed by atoms with van der Waals surface area (Å²) in [6, 6.07) is 5.59. The molecule has 0 aliphatic carbocycles. The third-order valence-electron chi connectivity index (χ3n) is 2.73. The number of nitrogens with zero attached hydrogens (tertiary/aromatic N) is 2. The second-order valence-electron chi connectivity index (χ2n) is 4.04. The van der Waals surface area contributed by atoms with Gasteiger partial charge < -0.3 is 4.74 Å². The first kappa shape index (κ1) is 11.2. The van der Waals surface area contributed by atoms with E-state index in [2.05, 4.69) is 4.98 Å². The summed E-state index contributed by atoms with van der Waals surface area (Å²) in [5, 5.41) is 0. The molecule has 0 fully saturated rings. The fourth-order valence-corrected chi connectivity index (χ4v) is 3.05. The van der Waals surface area contributed by atoms with Crippen molar-refractivity contribution in [2.45, 2.75) is 13.8 Å². The average molecular weight is 260 g/mol. The zero-order chi connectivity index (χ0) is 12.7. The summed E-state index contributed by atoms with van der Waals surface area (Å²) in [4.78, 5) is 17.0. The van der Waals surface area contributed by atoms with Crippen LogP contribution in [0.4, 0.5) is 0 Å². The number of hydrogen-bond donors (Lipinski definition) is 0. The smallest absolute Gasteiger partial charge is 0.338 e. The second kappa shape index (κ2) is 4.10. The SMILES string of the molecule is CCOC(=O)c1ccc2c(c1)sc1nc(C)cn12. The van der Waals surface area contributed by atoms with Crippen molar-refractivity contribution in [3.05, 3.63) is 35.7 Å². The molecule has 2 heterocycles. The van der Waals surface area contributed by atoms with Gasteiger partial charge in [-0.3, -0.25) is 4.40 Å². The number of hydrogen-bond acceptors (Lipinski definition) is 4. The molecule has 0 unspecified atom stereocenters. The molecule has 92 valence electrons. The van der Waals surface area contributed by atoms with Gasteiger partial charge >= 0.3 is 5.97 Å². The van der Waals surface area contributed by atoms with Crippen LogP contribution in [0.1, 0.15) is 23.0 Å². The first-order chi connectivity index (χ1) is 8.69. The topological polar surface area (TPSA) is 43.6 Å². The molecule has 1 aromatic carbocycles. The van der Waals surface area contributed by atoms with Crippen LogP contribution in [-0.2, 0) is 4.74 Å². The molecule has 5 heteroatoms. The van der Waals surface area contributed by atoms with Crippen molar-refractivity contribution < 1.29 is 9.53 Å². The number of ether oxygens (including phenoxy) is 1. The van der Waals surface area contributed by atoms with Crippen molar-refractivity contribution in [2.24, 2.45) is 0 Å². The Morgan fingerprint density at radius 2 is 2.33 bits per heavy atom. The Balaban J connectivity index is 2.15. The van der Waals surface area contributed by atoms with Crippen molar-refractivity contribution in [1.82, 2.24) is 9.38 Å². The molecule has 0 atom stereocenters. The standard InChI is InChI=1S/C13H12N2O2S/c1-3-17-12(16)9-4-5-10-11(6-9)18-13-14-8(2)7-15(10)13/h4-7H,3H2,1-2H3. The maximum absolute atomic E-state index is 11.7. The Morgan fingerprint density at radius 3 is 3.11 bits per heavy atom. The van der Waals surface area contributed by atoms with Gasteiger partial charge in [0, 0.05) is 6.20 Å². The molecule has 0 bridgehead atoms. The van der Waals surface area contributed by atoms with Crippen LogP contribution in [0.25, 0.3) is 15.2 Å². The summed E-state index contributed by atoms with van der Waals surface area (Å²) in [6.07, 6.45) is 2.00. The number of aromatic nitrogens is 2. The van der Waals surface area contributed by atoms with Gasteiger partial charge in [0.25, 0.3) is 0 Å². The van der Waals surface area contributed by atoms with E-state index in [9.17, 15) is 4.79 Å². The van der Waals surface area contributed by atoms with Crippen LogP contribution in [0, 0.1) is 6.92 Å². The van der Waals surface area contributed by atoms with Gasteiger partial charge in [0.1, 0.15) is 0 Å². The Labute approximate surface area is 108 Å². The third kappa shape index (κ3) is 1.67. The van der Waals surface area contributed by atoms with Gasteiger partial charge in [0.2, 0.25) is 0 Å². The first-order valence-electron chi connectivity index (χ1n) is 5.74. The number of carbonyl (C=O) groups is 1. The number of aryl methyl sites for hydroxylation is 1. The fourth-order valence-electron chi connectivity index (χ4n) is 1.95. The van der Waals surface area contributed by atoms with E-state index in [1.807, 2.05) is 29.7 Å². The summed E-state index contributed by atoms with van der Waals surface area (Å²) in [7, 11) is 0. The molecule has 3 rings (SSSR count). The average Bonchev–Trinajstić information content (AvgIpc) is 2.84. The molecule has 0 saturated carbocycles. The summed E-state index contributed by atoms with van der Waals surface area (Å²) in [5.74, 6) is -0.276. The number of carbonyl (C=O) groups excluding carboxylic acids is 1. The molecule has 0 aliphatic heterocycles. The van der Waals surface area contributed by atoms with E-state index >= 15 is 0 Å². The molecule has 0 aliphatic rings. The predicted molar refractivity (Wildman–Crippen MR) is 71.3 cm³/mol. The highest BCUT2D eigenvalue weighted by molar-refractivity contribution is 7.23. The van der Waals surface area contributed by atoms with Gasteiger partial charge in [-0.2, -0.15) is 0 Å². The molecule has 18 heavy (non-hydrogen) atoms. The van der Waals surface area contributed by atoms with E-state index in [4.69, 9.17) is 4.74 Å². The fraction of sp³-hybridized carbons (Fsp3) is 0.231. The van der Waals surface area contributed by atoms with Crippen molar-refractivity contribution in [3.8, 4) is 0 Å². The lowest BCUT2D eigenvalue weighted by atomic mass is 10.2. The van der Waals surface area contributed by atoms with Crippen LogP contribution in [0.3, 0.4) is 0 Å². The van der Waals surface area contributed by atoms with Crippen LogP contribution in [-0.4, -0.2) is 22.0 Å². The molecule has 4 nitrogen and oxygen atoms in total. The molecule has 0 N–H and O–H groups in total. The van der Waals surface area contributed by atoms with Gasteiger partial charge in [0.05, 0.1) is 28.1 Å². The molecule has 0 radical (unpaired) electrons. The molecule has 0 amide bonds. The van der Waals surface area contributed by atoms with E-state index in [0.29, 0.717) is 12.2 Å². The van der Waals surface area contributed by atoms with Gasteiger partial charge in [-0.15, -0.1) is 0 Å². The lowest BCUT2D eigenvalue weighted by Gasteiger charge is -2.01. The highest BCUT2D eigenvalue weighted by Crippen LogP contribution is 2.27. The van der Waals surface area contributed by atoms with Crippen LogP contribution in [0.2, 0.25) is 0 Å². The molecule has 0 saturated heterocycles. The quantitative estimate of drug-likeness (QED) is 0.665. The number of imidazole rings is 1. The van der Waals surface area contributed by atoms with Crippen molar-refractivity contribution in [3.63, 3.8) is 0 Å². The molecule has 3 aromatic rings. The van der Waals surface area contributed by atoms with Crippen molar-refractivity contribution in [1.29, 1.82) is 0 Å². The monoisotopic (exact) mass is 260 g/mol. The van der Waals surface area contributed by atoms with Crippen LogP contribution in [0.5, 0.6) is 0 Å². The van der Waals surface area contributed by atoms with E-state index in [1.54, 1.807) is 24.3 Å². The van der Waals surface area contributed by atoms with Crippen LogP contribution >= 0.6 is 11.3 Å². The molecular weight excluding hydrogens is 248 g/mol. The number of thiazole rings is 1. The minimum absolute atomic E-state index is 0.276. The van der Waals surface area contributed by atoms with Gasteiger partial charge in [-0.25, -0.2) is 9.78 Å². The number of fused-ring (bicyclic) bond motifs is 3. The zero-order valence-corrected chi connectivity index (χ0v) is 11.0. The maximum Gasteiger partial charge on any atom is 0.338 e. The largest absolute Gasteiger partial charge is 0.462 e. The lowest BCUT2D eigenvalue weighted by molar-refractivity contribution is 0.0526. The van der Waals surface area contributed by atoms with Gasteiger partial charge in [0.15, 0.2) is 4.96 Å². The molecule has 2 aromatic heterocycles. The Hall–Kier alpha value is -1.88. The lowest BCUT2D eigenvalue weighted by Crippen LogP contribution is -2.03. The van der Waals surface area contributed by atoms with Crippen LogP contribution in [0.15, 0.2) is 24.4 Å². The minimum Gasteiger partial charge on any atom is -0.462 e. The minimum atomic E-state index is -0.276. The van der Waals surface area contributed by atoms with E-state index in [1.165, 1.54) is 0 Å². The highest BCUT2D eigenvalue weighted by atomic mass is 32.1. The Morgan fingerprint density at radius 1 is 1.50 bits per heavy atom. The molecular formula is C13H12N2O2S. The zero-order valence-electron chi connectivity index (χ0n) is 10.1. The Kier molecular flexibility index (Phi) is 2.56. The normalized spacial score (nSPS) is 11.2. The van der Waals surface area contributed by atoms with E-state index in [-0.39, 0.29) is 5.97 Å². The number of esters is 1. The molecule has 0 spiro atoms. The number of rotatable bonds is 2. The summed E-state index contributed by atoms with van der Waals surface area (Å²) in [5.41, 5.74) is 2.66. The second-order valence-corrected chi connectivity index (χ2v) is 5.05. The predicted octanol–water partition coefficient (Wildman–Crippen LogP) is 3.03. The Bertz CT molecular complexity index is 742.